The van der Waals surface area contributed by atoms with Crippen molar-refractivity contribution < 1.29 is 31.9 Å². The number of carbonyl (C=O) groups is 2. The maximum Gasteiger partial charge on any atom is 0.261 e. The van der Waals surface area contributed by atoms with Gasteiger partial charge in [0.05, 0.1) is 29.0 Å². The standard InChI is InChI=1S/C24H28FN3O6S/c1-27(2)23(29)13-17-8-9-20-22(34-17)14-33-21-10-7-16(12-19(21)24(30)28(20)3)26-35(31,32)18-6-4-5-15(25)11-18/h4-7,10-12,17,20,22,26H,8-9,13-14H2,1-3H3/t17-,20-,22-/m1/s1. The molecule has 1 fully saturated rings. The Balaban J connectivity index is 1.54. The number of rotatable bonds is 5. The minimum absolute atomic E-state index is 0.0248. The first-order chi connectivity index (χ1) is 16.5. The monoisotopic (exact) mass is 505 g/mol. The number of likely N-dealkylation sites (N-methyl/N-ethyl adjacent to an activating group) is 1. The van der Waals surface area contributed by atoms with Crippen LogP contribution in [-0.4, -0.2) is 76.0 Å². The number of hydrogen-bond donors (Lipinski definition) is 1. The van der Waals surface area contributed by atoms with E-state index in [9.17, 15) is 22.4 Å². The van der Waals surface area contributed by atoms with Gasteiger partial charge >= 0.3 is 0 Å². The third-order valence-electron chi connectivity index (χ3n) is 6.27. The fraction of sp³-hybridized carbons (Fsp3) is 0.417. The first-order valence-electron chi connectivity index (χ1n) is 11.2. The summed E-state index contributed by atoms with van der Waals surface area (Å²) in [6.45, 7) is 0.177. The van der Waals surface area contributed by atoms with Crippen LogP contribution in [0.25, 0.3) is 0 Å². The molecule has 0 unspecified atom stereocenters. The van der Waals surface area contributed by atoms with Crippen LogP contribution in [-0.2, 0) is 19.6 Å². The lowest BCUT2D eigenvalue weighted by Crippen LogP contribution is -2.53. The zero-order valence-electron chi connectivity index (χ0n) is 19.7. The van der Waals surface area contributed by atoms with Crippen LogP contribution in [0.1, 0.15) is 29.6 Å². The highest BCUT2D eigenvalue weighted by Gasteiger charge is 2.39. The van der Waals surface area contributed by atoms with Gasteiger partial charge in [-0.1, -0.05) is 6.07 Å². The molecule has 0 spiro atoms. The molecule has 1 N–H and O–H groups in total. The summed E-state index contributed by atoms with van der Waals surface area (Å²) in [6.07, 6.45) is 0.870. The molecule has 0 aliphatic carbocycles. The lowest BCUT2D eigenvalue weighted by Gasteiger charge is -2.42. The van der Waals surface area contributed by atoms with Crippen LogP contribution < -0.4 is 9.46 Å². The number of halogens is 1. The molecule has 4 rings (SSSR count). The number of benzene rings is 2. The van der Waals surface area contributed by atoms with Gasteiger partial charge in [-0.3, -0.25) is 14.3 Å². The van der Waals surface area contributed by atoms with Gasteiger partial charge in [0.25, 0.3) is 15.9 Å². The van der Waals surface area contributed by atoms with E-state index in [2.05, 4.69) is 4.72 Å². The lowest BCUT2D eigenvalue weighted by molar-refractivity contribution is -0.140. The van der Waals surface area contributed by atoms with Crippen LogP contribution in [0.15, 0.2) is 47.4 Å². The second-order valence-electron chi connectivity index (χ2n) is 8.93. The van der Waals surface area contributed by atoms with Gasteiger partial charge in [0.2, 0.25) is 5.91 Å². The maximum atomic E-state index is 13.5. The normalized spacial score (nSPS) is 22.2. The summed E-state index contributed by atoms with van der Waals surface area (Å²) in [7, 11) is 1.01. The van der Waals surface area contributed by atoms with E-state index in [1.165, 1.54) is 35.2 Å². The molecule has 2 aromatic carbocycles. The molecule has 2 heterocycles. The predicted octanol–water partition coefficient (Wildman–Crippen LogP) is 2.49. The van der Waals surface area contributed by atoms with Gasteiger partial charge in [-0.25, -0.2) is 12.8 Å². The van der Waals surface area contributed by atoms with E-state index in [1.54, 1.807) is 26.0 Å². The van der Waals surface area contributed by atoms with Crippen molar-refractivity contribution >= 4 is 27.5 Å². The zero-order chi connectivity index (χ0) is 25.3. The van der Waals surface area contributed by atoms with E-state index in [0.29, 0.717) is 18.6 Å². The van der Waals surface area contributed by atoms with Crippen molar-refractivity contribution in [2.75, 3.05) is 32.5 Å². The summed E-state index contributed by atoms with van der Waals surface area (Å²) in [4.78, 5) is 28.3. The van der Waals surface area contributed by atoms with Crippen molar-refractivity contribution in [3.63, 3.8) is 0 Å². The second kappa shape index (κ2) is 9.82. The van der Waals surface area contributed by atoms with E-state index in [4.69, 9.17) is 9.47 Å². The van der Waals surface area contributed by atoms with E-state index in [-0.39, 0.29) is 53.1 Å². The molecule has 2 aliphatic heterocycles. The van der Waals surface area contributed by atoms with E-state index in [1.807, 2.05) is 0 Å². The smallest absolute Gasteiger partial charge is 0.261 e. The Kier molecular flexibility index (Phi) is 7.00. The molecule has 2 aliphatic rings. The number of hydrogen-bond acceptors (Lipinski definition) is 6. The highest BCUT2D eigenvalue weighted by atomic mass is 32.2. The average Bonchev–Trinajstić information content (AvgIpc) is 2.81. The fourth-order valence-corrected chi connectivity index (χ4v) is 5.40. The van der Waals surface area contributed by atoms with Crippen molar-refractivity contribution in [2.24, 2.45) is 0 Å². The van der Waals surface area contributed by atoms with E-state index in [0.717, 1.165) is 12.1 Å². The molecule has 0 radical (unpaired) electrons. The number of fused-ring (bicyclic) bond motifs is 2. The molecule has 2 aromatic rings. The van der Waals surface area contributed by atoms with Gasteiger partial charge in [0.15, 0.2) is 0 Å². The van der Waals surface area contributed by atoms with E-state index >= 15 is 0 Å². The first kappa shape index (κ1) is 24.9. The number of nitrogens with one attached hydrogen (secondary N) is 1. The lowest BCUT2D eigenvalue weighted by atomic mass is 9.94. The van der Waals surface area contributed by atoms with Crippen LogP contribution in [0.4, 0.5) is 10.1 Å². The average molecular weight is 506 g/mol. The topological polar surface area (TPSA) is 105 Å². The summed E-state index contributed by atoms with van der Waals surface area (Å²) < 4.78 is 53.3. The van der Waals surface area contributed by atoms with Gasteiger partial charge in [-0.05, 0) is 49.2 Å². The Morgan fingerprint density at radius 3 is 2.69 bits per heavy atom. The minimum Gasteiger partial charge on any atom is -0.490 e. The molecule has 3 atom stereocenters. The van der Waals surface area contributed by atoms with Crippen LogP contribution in [0.2, 0.25) is 0 Å². The van der Waals surface area contributed by atoms with Gasteiger partial charge in [0, 0.05) is 26.8 Å². The summed E-state index contributed by atoms with van der Waals surface area (Å²) >= 11 is 0. The molecule has 188 valence electrons. The number of carbonyl (C=O) groups excluding carboxylic acids is 2. The van der Waals surface area contributed by atoms with E-state index < -0.39 is 21.9 Å². The number of anilines is 1. The van der Waals surface area contributed by atoms with Gasteiger partial charge < -0.3 is 19.3 Å². The minimum atomic E-state index is -4.06. The fourth-order valence-electron chi connectivity index (χ4n) is 4.32. The van der Waals surface area contributed by atoms with Gasteiger partial charge in [-0.2, -0.15) is 0 Å². The summed E-state index contributed by atoms with van der Waals surface area (Å²) in [5.74, 6) is -0.742. The van der Waals surface area contributed by atoms with Crippen LogP contribution in [0.3, 0.4) is 0 Å². The third kappa shape index (κ3) is 5.40. The number of sulfonamides is 1. The molecule has 0 saturated carbocycles. The molecule has 0 aromatic heterocycles. The third-order valence-corrected chi connectivity index (χ3v) is 7.65. The highest BCUT2D eigenvalue weighted by Crippen LogP contribution is 2.33. The number of amides is 2. The molecule has 35 heavy (non-hydrogen) atoms. The zero-order valence-corrected chi connectivity index (χ0v) is 20.5. The quantitative estimate of drug-likeness (QED) is 0.670. The van der Waals surface area contributed by atoms with Crippen molar-refractivity contribution in [3.05, 3.63) is 53.8 Å². The summed E-state index contributed by atoms with van der Waals surface area (Å²) in [5, 5.41) is 0. The van der Waals surface area contributed by atoms with Crippen molar-refractivity contribution in [2.45, 2.75) is 42.4 Å². The number of ether oxygens (including phenoxy) is 2. The second-order valence-corrected chi connectivity index (χ2v) is 10.6. The highest BCUT2D eigenvalue weighted by molar-refractivity contribution is 7.92. The van der Waals surface area contributed by atoms with Gasteiger partial charge in [-0.15, -0.1) is 0 Å². The van der Waals surface area contributed by atoms with Crippen LogP contribution >= 0.6 is 0 Å². The van der Waals surface area contributed by atoms with Crippen molar-refractivity contribution in [1.82, 2.24) is 9.80 Å². The maximum absolute atomic E-state index is 13.5. The Labute approximate surface area is 203 Å². The summed E-state index contributed by atoms with van der Waals surface area (Å²) in [5.41, 5.74) is 0.355. The first-order valence-corrected chi connectivity index (χ1v) is 12.7. The van der Waals surface area contributed by atoms with Crippen LogP contribution in [0, 0.1) is 5.82 Å². The molecule has 11 heteroatoms. The summed E-state index contributed by atoms with van der Waals surface area (Å²) in [6, 6.07) is 8.80. The largest absolute Gasteiger partial charge is 0.490 e. The predicted molar refractivity (Wildman–Crippen MR) is 126 cm³/mol. The number of nitrogens with zero attached hydrogens (tertiary/aromatic N) is 2. The Hall–Kier alpha value is -3.18. The molecule has 9 nitrogen and oxygen atoms in total. The van der Waals surface area contributed by atoms with Gasteiger partial charge in [0.1, 0.15) is 24.3 Å². The molecular weight excluding hydrogens is 477 g/mol. The van der Waals surface area contributed by atoms with Crippen molar-refractivity contribution in [1.29, 1.82) is 0 Å². The Morgan fingerprint density at radius 2 is 1.97 bits per heavy atom. The van der Waals surface area contributed by atoms with Crippen molar-refractivity contribution in [3.8, 4) is 5.75 Å². The molecule has 2 amide bonds. The SMILES string of the molecule is CN(C)C(=O)C[C@H]1CC[C@@H]2[C@@H](COc3ccc(NS(=O)(=O)c4cccc(F)c4)cc3C(=O)N2C)O1. The molecule has 0 bridgehead atoms. The molecule has 1 saturated heterocycles. The molecular formula is C24H28FN3O6S. The van der Waals surface area contributed by atoms with Crippen LogP contribution in [0.5, 0.6) is 5.75 Å². The Bertz CT molecular complexity index is 1240. The Morgan fingerprint density at radius 1 is 1.20 bits per heavy atom.